The standard InChI is InChI=1S/C8H9NO4.C2H8N2/c10-7(8(11)12)9(13)6-4-2-1-3-5-6;3-1-2-4/h1-5,7,10,13H,(H,11,12);1-4H2. The second-order valence-electron chi connectivity index (χ2n) is 2.97. The smallest absolute Gasteiger partial charge is 0.356 e. The second kappa shape index (κ2) is 8.48. The number of rotatable bonds is 4. The topological polar surface area (TPSA) is 133 Å². The van der Waals surface area contributed by atoms with Crippen molar-refractivity contribution in [2.24, 2.45) is 11.5 Å². The van der Waals surface area contributed by atoms with E-state index in [0.29, 0.717) is 13.1 Å². The van der Waals surface area contributed by atoms with Crippen molar-refractivity contribution < 1.29 is 20.2 Å². The molecule has 7 nitrogen and oxygen atoms in total. The van der Waals surface area contributed by atoms with Gasteiger partial charge >= 0.3 is 5.97 Å². The van der Waals surface area contributed by atoms with Crippen LogP contribution in [0.25, 0.3) is 0 Å². The zero-order chi connectivity index (χ0) is 13.3. The van der Waals surface area contributed by atoms with Crippen molar-refractivity contribution in [2.75, 3.05) is 18.2 Å². The molecule has 7 N–H and O–H groups in total. The minimum atomic E-state index is -1.94. The number of anilines is 1. The van der Waals surface area contributed by atoms with Crippen molar-refractivity contribution in [3.63, 3.8) is 0 Å². The molecule has 17 heavy (non-hydrogen) atoms. The first-order valence-electron chi connectivity index (χ1n) is 4.88. The Balaban J connectivity index is 0.000000557. The molecule has 7 heteroatoms. The van der Waals surface area contributed by atoms with E-state index in [9.17, 15) is 4.79 Å². The lowest BCUT2D eigenvalue weighted by Crippen LogP contribution is -2.38. The Bertz CT molecular complexity index is 319. The lowest BCUT2D eigenvalue weighted by molar-refractivity contribution is -0.149. The quantitative estimate of drug-likeness (QED) is 0.345. The molecule has 0 amide bonds. The molecular formula is C10H17N3O4. The molecule has 0 aliphatic carbocycles. The molecule has 0 fully saturated rings. The minimum absolute atomic E-state index is 0.220. The molecule has 1 rings (SSSR count). The summed E-state index contributed by atoms with van der Waals surface area (Å²) in [5.41, 5.74) is 10.0. The average Bonchev–Trinajstić information content (AvgIpc) is 2.38. The molecule has 96 valence electrons. The Morgan fingerprint density at radius 3 is 2.06 bits per heavy atom. The van der Waals surface area contributed by atoms with Gasteiger partial charge in [-0.2, -0.15) is 0 Å². The highest BCUT2D eigenvalue weighted by Gasteiger charge is 2.20. The first-order chi connectivity index (χ1) is 8.04. The van der Waals surface area contributed by atoms with Gasteiger partial charge in [-0.25, -0.2) is 9.86 Å². The van der Waals surface area contributed by atoms with Crippen LogP contribution in [-0.4, -0.2) is 40.7 Å². The van der Waals surface area contributed by atoms with E-state index >= 15 is 0 Å². The van der Waals surface area contributed by atoms with Gasteiger partial charge in [0.15, 0.2) is 0 Å². The number of hydrogen-bond acceptors (Lipinski definition) is 6. The number of carbonyl (C=O) groups is 1. The van der Waals surface area contributed by atoms with E-state index in [2.05, 4.69) is 0 Å². The molecule has 0 heterocycles. The monoisotopic (exact) mass is 243 g/mol. The molecule has 0 radical (unpaired) electrons. The summed E-state index contributed by atoms with van der Waals surface area (Å²) in [5.74, 6) is -1.51. The number of carboxylic acid groups (broad SMARTS) is 1. The Kier molecular flexibility index (Phi) is 7.65. The minimum Gasteiger partial charge on any atom is -0.478 e. The molecule has 1 aromatic rings. The number of nitrogens with zero attached hydrogens (tertiary/aromatic N) is 1. The maximum atomic E-state index is 10.3. The van der Waals surface area contributed by atoms with Gasteiger partial charge < -0.3 is 21.7 Å². The molecule has 0 spiro atoms. The number of para-hydroxylation sites is 1. The lowest BCUT2D eigenvalue weighted by atomic mass is 10.3. The first-order valence-corrected chi connectivity index (χ1v) is 4.88. The molecule has 1 aromatic carbocycles. The molecule has 0 aromatic heterocycles. The predicted molar refractivity (Wildman–Crippen MR) is 62.5 cm³/mol. The van der Waals surface area contributed by atoms with Crippen LogP contribution in [0.5, 0.6) is 0 Å². The molecule has 0 aliphatic heterocycles. The van der Waals surface area contributed by atoms with Gasteiger partial charge in [-0.1, -0.05) is 18.2 Å². The van der Waals surface area contributed by atoms with Crippen molar-refractivity contribution in [3.8, 4) is 0 Å². The van der Waals surface area contributed by atoms with E-state index in [1.807, 2.05) is 0 Å². The summed E-state index contributed by atoms with van der Waals surface area (Å²) in [7, 11) is 0. The van der Waals surface area contributed by atoms with Crippen molar-refractivity contribution in [1.29, 1.82) is 0 Å². The van der Waals surface area contributed by atoms with Crippen molar-refractivity contribution in [1.82, 2.24) is 0 Å². The zero-order valence-electron chi connectivity index (χ0n) is 9.23. The van der Waals surface area contributed by atoms with Crippen LogP contribution < -0.4 is 16.5 Å². The number of aliphatic carboxylic acids is 1. The first kappa shape index (κ1) is 15.3. The number of hydrogen-bond donors (Lipinski definition) is 5. The van der Waals surface area contributed by atoms with Gasteiger partial charge in [-0.3, -0.25) is 5.21 Å². The van der Waals surface area contributed by atoms with E-state index < -0.39 is 12.2 Å². The zero-order valence-corrected chi connectivity index (χ0v) is 9.23. The highest BCUT2D eigenvalue weighted by atomic mass is 16.5. The molecule has 0 saturated carbocycles. The van der Waals surface area contributed by atoms with Crippen LogP contribution in [0, 0.1) is 0 Å². The van der Waals surface area contributed by atoms with Crippen molar-refractivity contribution in [3.05, 3.63) is 30.3 Å². The maximum absolute atomic E-state index is 10.3. The summed E-state index contributed by atoms with van der Waals surface area (Å²) in [4.78, 5) is 10.3. The van der Waals surface area contributed by atoms with Gasteiger partial charge in [0.05, 0.1) is 5.69 Å². The van der Waals surface area contributed by atoms with Gasteiger partial charge in [0.1, 0.15) is 0 Å². The van der Waals surface area contributed by atoms with Crippen LogP contribution in [0.2, 0.25) is 0 Å². The molecular weight excluding hydrogens is 226 g/mol. The third-order valence-corrected chi connectivity index (χ3v) is 1.64. The number of hydroxylamine groups is 1. The van der Waals surface area contributed by atoms with Crippen molar-refractivity contribution >= 4 is 11.7 Å². The maximum Gasteiger partial charge on any atom is 0.356 e. The van der Waals surface area contributed by atoms with Crippen LogP contribution in [0.1, 0.15) is 0 Å². The summed E-state index contributed by atoms with van der Waals surface area (Å²) in [6.45, 7) is 1.19. The number of aliphatic hydroxyl groups is 1. The summed E-state index contributed by atoms with van der Waals surface area (Å²) in [6.07, 6.45) is -1.94. The van der Waals surface area contributed by atoms with E-state index in [4.69, 9.17) is 26.9 Å². The van der Waals surface area contributed by atoms with Crippen LogP contribution in [-0.2, 0) is 4.79 Å². The summed E-state index contributed by atoms with van der Waals surface area (Å²) in [5, 5.41) is 26.7. The van der Waals surface area contributed by atoms with Crippen LogP contribution in [0.15, 0.2) is 30.3 Å². The third kappa shape index (κ3) is 5.83. The normalized spacial score (nSPS) is 11.1. The Morgan fingerprint density at radius 1 is 1.24 bits per heavy atom. The van der Waals surface area contributed by atoms with Gasteiger partial charge in [0.2, 0.25) is 6.23 Å². The summed E-state index contributed by atoms with van der Waals surface area (Å²) >= 11 is 0. The van der Waals surface area contributed by atoms with Gasteiger partial charge in [-0.15, -0.1) is 0 Å². The van der Waals surface area contributed by atoms with Crippen LogP contribution >= 0.6 is 0 Å². The number of nitrogens with two attached hydrogens (primary N) is 2. The third-order valence-electron chi connectivity index (χ3n) is 1.64. The van der Waals surface area contributed by atoms with Gasteiger partial charge in [-0.05, 0) is 12.1 Å². The van der Waals surface area contributed by atoms with E-state index in [1.54, 1.807) is 18.2 Å². The Morgan fingerprint density at radius 2 is 1.71 bits per heavy atom. The Labute approximate surface area is 98.8 Å². The highest BCUT2D eigenvalue weighted by Crippen LogP contribution is 2.12. The lowest BCUT2D eigenvalue weighted by Gasteiger charge is -2.19. The average molecular weight is 243 g/mol. The van der Waals surface area contributed by atoms with E-state index in [0.717, 1.165) is 0 Å². The van der Waals surface area contributed by atoms with Crippen molar-refractivity contribution in [2.45, 2.75) is 6.23 Å². The molecule has 0 saturated heterocycles. The predicted octanol–water partition coefficient (Wildman–Crippen LogP) is -0.811. The van der Waals surface area contributed by atoms with Gasteiger partial charge in [0, 0.05) is 13.1 Å². The highest BCUT2D eigenvalue weighted by molar-refractivity contribution is 5.75. The fraction of sp³-hybridized carbons (Fsp3) is 0.300. The number of aliphatic hydroxyl groups excluding tert-OH is 1. The molecule has 1 atom stereocenters. The van der Waals surface area contributed by atoms with Crippen LogP contribution in [0.3, 0.4) is 0 Å². The van der Waals surface area contributed by atoms with Crippen LogP contribution in [0.4, 0.5) is 5.69 Å². The fourth-order valence-electron chi connectivity index (χ4n) is 0.827. The SMILES string of the molecule is NCCN.O=C(O)C(O)N(O)c1ccccc1. The molecule has 1 unspecified atom stereocenters. The molecule has 0 bridgehead atoms. The fourth-order valence-corrected chi connectivity index (χ4v) is 0.827. The molecule has 0 aliphatic rings. The van der Waals surface area contributed by atoms with E-state index in [1.165, 1.54) is 12.1 Å². The van der Waals surface area contributed by atoms with E-state index in [-0.39, 0.29) is 10.8 Å². The largest absolute Gasteiger partial charge is 0.478 e. The number of carboxylic acids is 1. The number of benzene rings is 1. The summed E-state index contributed by atoms with van der Waals surface area (Å²) in [6, 6.07) is 7.91. The van der Waals surface area contributed by atoms with Gasteiger partial charge in [0.25, 0.3) is 0 Å². The Hall–Kier alpha value is -1.67. The summed E-state index contributed by atoms with van der Waals surface area (Å²) < 4.78 is 0. The second-order valence-corrected chi connectivity index (χ2v) is 2.97.